The standard InChI is InChI=1S/C15H25BrClNS/c1-4-7-11(8-5-2)14(18-9-6-3)13-10-12(17)15(16)19-13/h10-11,14,18H,4-9H2,1-3H3. The van der Waals surface area contributed by atoms with Gasteiger partial charge in [-0.05, 0) is 53.7 Å². The van der Waals surface area contributed by atoms with Crippen LogP contribution in [-0.4, -0.2) is 6.54 Å². The Bertz CT molecular complexity index is 342. The van der Waals surface area contributed by atoms with Crippen molar-refractivity contribution in [1.29, 1.82) is 0 Å². The summed E-state index contributed by atoms with van der Waals surface area (Å²) in [5.41, 5.74) is 0. The lowest BCUT2D eigenvalue weighted by atomic mass is 9.89. The Morgan fingerprint density at radius 3 is 2.26 bits per heavy atom. The lowest BCUT2D eigenvalue weighted by molar-refractivity contribution is 0.320. The first-order valence-electron chi connectivity index (χ1n) is 7.32. The molecule has 0 amide bonds. The van der Waals surface area contributed by atoms with Crippen molar-refractivity contribution >= 4 is 38.9 Å². The topological polar surface area (TPSA) is 12.0 Å². The summed E-state index contributed by atoms with van der Waals surface area (Å²) in [6.07, 6.45) is 6.22. The van der Waals surface area contributed by atoms with Crippen molar-refractivity contribution in [2.24, 2.45) is 5.92 Å². The molecule has 110 valence electrons. The summed E-state index contributed by atoms with van der Waals surface area (Å²) >= 11 is 11.5. The van der Waals surface area contributed by atoms with Gasteiger partial charge >= 0.3 is 0 Å². The van der Waals surface area contributed by atoms with E-state index in [1.54, 1.807) is 11.3 Å². The summed E-state index contributed by atoms with van der Waals surface area (Å²) < 4.78 is 1.05. The molecule has 0 aliphatic heterocycles. The number of rotatable bonds is 9. The molecule has 0 aliphatic carbocycles. The summed E-state index contributed by atoms with van der Waals surface area (Å²) in [7, 11) is 0. The Labute approximate surface area is 135 Å². The number of hydrogen-bond acceptors (Lipinski definition) is 2. The van der Waals surface area contributed by atoms with Crippen molar-refractivity contribution in [3.8, 4) is 0 Å². The largest absolute Gasteiger partial charge is 0.309 e. The van der Waals surface area contributed by atoms with Crippen LogP contribution in [0.3, 0.4) is 0 Å². The van der Waals surface area contributed by atoms with Crippen molar-refractivity contribution in [2.75, 3.05) is 6.54 Å². The third-order valence-electron chi connectivity index (χ3n) is 3.38. The van der Waals surface area contributed by atoms with Gasteiger partial charge in [0.25, 0.3) is 0 Å². The van der Waals surface area contributed by atoms with E-state index >= 15 is 0 Å². The van der Waals surface area contributed by atoms with Gasteiger partial charge in [-0.2, -0.15) is 0 Å². The molecule has 1 aromatic heterocycles. The average molecular weight is 367 g/mol. The molecule has 1 heterocycles. The molecule has 1 unspecified atom stereocenters. The van der Waals surface area contributed by atoms with E-state index in [4.69, 9.17) is 11.6 Å². The van der Waals surface area contributed by atoms with E-state index in [1.807, 2.05) is 0 Å². The van der Waals surface area contributed by atoms with Gasteiger partial charge in [0.2, 0.25) is 0 Å². The van der Waals surface area contributed by atoms with Crippen LogP contribution in [0.15, 0.2) is 9.85 Å². The van der Waals surface area contributed by atoms with E-state index < -0.39 is 0 Å². The van der Waals surface area contributed by atoms with Crippen LogP contribution in [0.2, 0.25) is 5.02 Å². The second kappa shape index (κ2) is 9.38. The quantitative estimate of drug-likeness (QED) is 0.531. The smallest absolute Gasteiger partial charge is 0.0887 e. The van der Waals surface area contributed by atoms with Crippen molar-refractivity contribution in [3.05, 3.63) is 19.8 Å². The molecule has 1 nitrogen and oxygen atoms in total. The summed E-state index contributed by atoms with van der Waals surface area (Å²) in [5, 5.41) is 4.57. The highest BCUT2D eigenvalue weighted by Gasteiger charge is 2.23. The molecule has 19 heavy (non-hydrogen) atoms. The van der Waals surface area contributed by atoms with Gasteiger partial charge in [0.1, 0.15) is 0 Å². The lowest BCUT2D eigenvalue weighted by Gasteiger charge is -2.27. The molecule has 1 rings (SSSR count). The van der Waals surface area contributed by atoms with Crippen LogP contribution in [0.5, 0.6) is 0 Å². The Hall–Kier alpha value is 0.430. The minimum atomic E-state index is 0.452. The van der Waals surface area contributed by atoms with Crippen molar-refractivity contribution in [2.45, 2.75) is 58.9 Å². The van der Waals surface area contributed by atoms with Crippen LogP contribution in [0.1, 0.15) is 63.8 Å². The van der Waals surface area contributed by atoms with Crippen LogP contribution in [-0.2, 0) is 0 Å². The van der Waals surface area contributed by atoms with Crippen LogP contribution in [0.4, 0.5) is 0 Å². The second-order valence-corrected chi connectivity index (χ2v) is 7.85. The van der Waals surface area contributed by atoms with Gasteiger partial charge in [0, 0.05) is 10.9 Å². The van der Waals surface area contributed by atoms with Crippen molar-refractivity contribution in [3.63, 3.8) is 0 Å². The molecule has 0 saturated heterocycles. The molecule has 0 aromatic carbocycles. The van der Waals surface area contributed by atoms with E-state index in [0.29, 0.717) is 12.0 Å². The highest BCUT2D eigenvalue weighted by atomic mass is 79.9. The maximum atomic E-state index is 6.20. The molecule has 0 spiro atoms. The molecule has 1 N–H and O–H groups in total. The highest BCUT2D eigenvalue weighted by molar-refractivity contribution is 9.11. The van der Waals surface area contributed by atoms with Gasteiger partial charge in [-0.25, -0.2) is 0 Å². The third kappa shape index (κ3) is 5.37. The van der Waals surface area contributed by atoms with Crippen molar-refractivity contribution in [1.82, 2.24) is 5.32 Å². The Morgan fingerprint density at radius 1 is 1.21 bits per heavy atom. The minimum Gasteiger partial charge on any atom is -0.309 e. The zero-order valence-electron chi connectivity index (χ0n) is 12.1. The first-order chi connectivity index (χ1) is 9.13. The minimum absolute atomic E-state index is 0.452. The Kier molecular flexibility index (Phi) is 8.63. The van der Waals surface area contributed by atoms with Gasteiger partial charge in [-0.3, -0.25) is 0 Å². The molecule has 0 fully saturated rings. The fourth-order valence-electron chi connectivity index (χ4n) is 2.54. The summed E-state index contributed by atoms with van der Waals surface area (Å²) in [4.78, 5) is 1.37. The molecular weight excluding hydrogens is 342 g/mol. The van der Waals surface area contributed by atoms with Crippen LogP contribution in [0, 0.1) is 5.92 Å². The van der Waals surface area contributed by atoms with Gasteiger partial charge in [0.15, 0.2) is 0 Å². The van der Waals surface area contributed by atoms with Gasteiger partial charge in [0.05, 0.1) is 8.81 Å². The number of thiophene rings is 1. The van der Waals surface area contributed by atoms with E-state index in [2.05, 4.69) is 48.1 Å². The highest BCUT2D eigenvalue weighted by Crippen LogP contribution is 2.39. The number of hydrogen-bond donors (Lipinski definition) is 1. The van der Waals surface area contributed by atoms with Gasteiger partial charge in [-0.15, -0.1) is 11.3 Å². The SMILES string of the molecule is CCCNC(c1cc(Cl)c(Br)s1)C(CCC)CCC. The predicted molar refractivity (Wildman–Crippen MR) is 91.4 cm³/mol. The molecule has 0 radical (unpaired) electrons. The van der Waals surface area contributed by atoms with Gasteiger partial charge in [-0.1, -0.05) is 45.2 Å². The Balaban J connectivity index is 2.90. The first kappa shape index (κ1) is 17.5. The first-order valence-corrected chi connectivity index (χ1v) is 9.30. The van der Waals surface area contributed by atoms with E-state index in [1.165, 1.54) is 37.0 Å². The van der Waals surface area contributed by atoms with E-state index in [0.717, 1.165) is 15.4 Å². The zero-order chi connectivity index (χ0) is 14.3. The Morgan fingerprint density at radius 2 is 1.84 bits per heavy atom. The molecular formula is C15H25BrClNS. The summed E-state index contributed by atoms with van der Waals surface area (Å²) in [6, 6.07) is 2.58. The van der Waals surface area contributed by atoms with Crippen LogP contribution < -0.4 is 5.32 Å². The second-order valence-electron chi connectivity index (χ2n) is 5.04. The summed E-state index contributed by atoms with van der Waals surface area (Å²) in [5.74, 6) is 0.711. The molecule has 0 saturated carbocycles. The lowest BCUT2D eigenvalue weighted by Crippen LogP contribution is -2.28. The fourth-order valence-corrected chi connectivity index (χ4v) is 4.45. The molecule has 1 atom stereocenters. The zero-order valence-corrected chi connectivity index (χ0v) is 15.3. The average Bonchev–Trinajstić information content (AvgIpc) is 2.70. The number of nitrogens with one attached hydrogen (secondary N) is 1. The fraction of sp³-hybridized carbons (Fsp3) is 0.733. The van der Waals surface area contributed by atoms with Crippen molar-refractivity contribution < 1.29 is 0 Å². The van der Waals surface area contributed by atoms with Crippen LogP contribution >= 0.6 is 38.9 Å². The maximum Gasteiger partial charge on any atom is 0.0887 e. The molecule has 1 aromatic rings. The molecule has 0 aliphatic rings. The van der Waals surface area contributed by atoms with E-state index in [9.17, 15) is 0 Å². The monoisotopic (exact) mass is 365 g/mol. The predicted octanol–water partition coefficient (Wildman–Crippen LogP) is 6.42. The number of halogens is 2. The maximum absolute atomic E-state index is 6.20. The molecule has 4 heteroatoms. The van der Waals surface area contributed by atoms with Gasteiger partial charge < -0.3 is 5.32 Å². The summed E-state index contributed by atoms with van der Waals surface area (Å²) in [6.45, 7) is 7.84. The molecule has 0 bridgehead atoms. The van der Waals surface area contributed by atoms with Crippen LogP contribution in [0.25, 0.3) is 0 Å². The van der Waals surface area contributed by atoms with E-state index in [-0.39, 0.29) is 0 Å². The third-order valence-corrected chi connectivity index (χ3v) is 5.93. The normalized spacial score (nSPS) is 13.2.